The van der Waals surface area contributed by atoms with Gasteiger partial charge in [-0.1, -0.05) is 19.9 Å². The van der Waals surface area contributed by atoms with E-state index in [2.05, 4.69) is 40.8 Å². The zero-order valence-electron chi connectivity index (χ0n) is 26.5. The molecule has 1 amide bonds. The zero-order chi connectivity index (χ0) is 32.6. The summed E-state index contributed by atoms with van der Waals surface area (Å²) in [5.74, 6) is 0.203. The van der Waals surface area contributed by atoms with Gasteiger partial charge in [0.15, 0.2) is 11.4 Å². The van der Waals surface area contributed by atoms with Gasteiger partial charge in [-0.25, -0.2) is 27.6 Å². The van der Waals surface area contributed by atoms with Crippen molar-refractivity contribution < 1.29 is 18.0 Å². The number of nitrogens with zero attached hydrogens (tertiary/aromatic N) is 6. The molecule has 2 N–H and O–H groups in total. The summed E-state index contributed by atoms with van der Waals surface area (Å²) in [6, 6.07) is 9.02. The highest BCUT2D eigenvalue weighted by Crippen LogP contribution is 2.36. The largest absolute Gasteiger partial charge is 0.350 e. The lowest BCUT2D eigenvalue weighted by Gasteiger charge is -2.45. The number of hydrogen-bond donors (Lipinski definition) is 2. The third-order valence-corrected chi connectivity index (χ3v) is 10.7. The van der Waals surface area contributed by atoms with E-state index in [9.17, 15) is 18.0 Å². The van der Waals surface area contributed by atoms with Crippen molar-refractivity contribution in [2.75, 3.05) is 37.3 Å². The van der Waals surface area contributed by atoms with Crippen molar-refractivity contribution in [3.63, 3.8) is 0 Å². The molecule has 0 aromatic carbocycles. The van der Waals surface area contributed by atoms with Gasteiger partial charge in [0.2, 0.25) is 10.0 Å². The van der Waals surface area contributed by atoms with Crippen LogP contribution in [0.2, 0.25) is 0 Å². The number of carbonyl (C=O) groups excluding carboxylic acids is 2. The summed E-state index contributed by atoms with van der Waals surface area (Å²) in [7, 11) is -3.32. The van der Waals surface area contributed by atoms with Gasteiger partial charge in [-0.2, -0.15) is 5.10 Å². The first-order valence-corrected chi connectivity index (χ1v) is 18.5. The number of pyridine rings is 1. The van der Waals surface area contributed by atoms with Crippen LogP contribution >= 0.6 is 11.3 Å². The number of nitrogens with one attached hydrogen (secondary N) is 2. The molecule has 12 nitrogen and oxygen atoms in total. The molecule has 46 heavy (non-hydrogen) atoms. The van der Waals surface area contributed by atoms with Crippen LogP contribution in [0.25, 0.3) is 27.5 Å². The number of Topliss-reactive ketones (excluding diaryl/α,β-unsaturated/α-hetero) is 1. The summed E-state index contributed by atoms with van der Waals surface area (Å²) in [6.45, 7) is 9.21. The Morgan fingerprint density at radius 2 is 1.91 bits per heavy atom. The van der Waals surface area contributed by atoms with Crippen LogP contribution in [-0.2, 0) is 14.8 Å². The molecule has 5 heterocycles. The predicted molar refractivity (Wildman–Crippen MR) is 179 cm³/mol. The van der Waals surface area contributed by atoms with Gasteiger partial charge in [0.25, 0.3) is 5.91 Å². The number of anilines is 1. The number of fused-ring (bicyclic) bond motifs is 1. The molecular formula is C32H40N8O4S2. The lowest BCUT2D eigenvalue weighted by molar-refractivity contribution is -0.128. The predicted octanol–water partition coefficient (Wildman–Crippen LogP) is 3.46. The van der Waals surface area contributed by atoms with Gasteiger partial charge in [0, 0.05) is 42.9 Å². The average molecular weight is 665 g/mol. The van der Waals surface area contributed by atoms with Crippen LogP contribution in [0.3, 0.4) is 0 Å². The van der Waals surface area contributed by atoms with Gasteiger partial charge in [-0.3, -0.25) is 14.5 Å². The summed E-state index contributed by atoms with van der Waals surface area (Å²) in [5.41, 5.74) is 3.11. The van der Waals surface area contributed by atoms with Gasteiger partial charge in [-0.15, -0.1) is 11.3 Å². The molecule has 2 atom stereocenters. The smallest absolute Gasteiger partial charge is 0.251 e. The lowest BCUT2D eigenvalue weighted by Crippen LogP contribution is -2.58. The summed E-state index contributed by atoms with van der Waals surface area (Å²) in [6.07, 6.45) is 6.36. The Morgan fingerprint density at radius 3 is 2.57 bits per heavy atom. The quantitative estimate of drug-likeness (QED) is 0.220. The Hall–Kier alpha value is -3.72. The first kappa shape index (κ1) is 32.2. The van der Waals surface area contributed by atoms with E-state index in [0.717, 1.165) is 29.9 Å². The number of thiophene rings is 1. The molecule has 0 spiro atoms. The second kappa shape index (κ2) is 13.2. The van der Waals surface area contributed by atoms with Crippen molar-refractivity contribution in [3.05, 3.63) is 53.7 Å². The fourth-order valence-corrected chi connectivity index (χ4v) is 7.83. The Morgan fingerprint density at radius 1 is 1.13 bits per heavy atom. The van der Waals surface area contributed by atoms with Gasteiger partial charge in [0.05, 0.1) is 40.3 Å². The number of ketones is 1. The minimum atomic E-state index is -3.32. The minimum Gasteiger partial charge on any atom is -0.350 e. The van der Waals surface area contributed by atoms with Gasteiger partial charge in [-0.05, 0) is 68.9 Å². The minimum absolute atomic E-state index is 0.0855. The monoisotopic (exact) mass is 664 g/mol. The Balaban J connectivity index is 1.30. The molecule has 1 saturated heterocycles. The molecule has 0 radical (unpaired) electrons. The second-order valence-corrected chi connectivity index (χ2v) is 14.9. The molecule has 4 aromatic heterocycles. The molecule has 6 rings (SSSR count). The van der Waals surface area contributed by atoms with Crippen LogP contribution in [0.5, 0.6) is 0 Å². The van der Waals surface area contributed by atoms with Crippen LogP contribution in [0.15, 0.2) is 48.1 Å². The van der Waals surface area contributed by atoms with E-state index in [0.29, 0.717) is 60.6 Å². The average Bonchev–Trinajstić information content (AvgIpc) is 3.67. The summed E-state index contributed by atoms with van der Waals surface area (Å²) >= 11 is 1.60. The Kier molecular flexibility index (Phi) is 9.24. The normalized spacial score (nSPS) is 20.4. The van der Waals surface area contributed by atoms with Crippen molar-refractivity contribution in [2.24, 2.45) is 5.92 Å². The summed E-state index contributed by atoms with van der Waals surface area (Å²) in [4.78, 5) is 42.3. The van der Waals surface area contributed by atoms with Crippen LogP contribution in [0.1, 0.15) is 50.4 Å². The van der Waals surface area contributed by atoms with E-state index in [4.69, 9.17) is 9.97 Å². The lowest BCUT2D eigenvalue weighted by atomic mass is 9.74. The third kappa shape index (κ3) is 6.70. The molecule has 1 saturated carbocycles. The number of amides is 1. The maximum Gasteiger partial charge on any atom is 0.251 e. The van der Waals surface area contributed by atoms with Crippen molar-refractivity contribution in [2.45, 2.75) is 58.2 Å². The number of rotatable bonds is 13. The fraction of sp³-hybridized carbons (Fsp3) is 0.469. The van der Waals surface area contributed by atoms with E-state index in [1.807, 2.05) is 34.7 Å². The van der Waals surface area contributed by atoms with E-state index >= 15 is 0 Å². The topological polar surface area (TPSA) is 142 Å². The van der Waals surface area contributed by atoms with Crippen LogP contribution < -0.4 is 14.9 Å². The molecular weight excluding hydrogens is 625 g/mol. The maximum absolute atomic E-state index is 13.6. The number of carbonyl (C=O) groups is 2. The number of likely N-dealkylation sites (N-methyl/N-ethyl adjacent to an activating group) is 1. The van der Waals surface area contributed by atoms with Crippen molar-refractivity contribution >= 4 is 44.5 Å². The van der Waals surface area contributed by atoms with E-state index in [-0.39, 0.29) is 35.7 Å². The highest BCUT2D eigenvalue weighted by Gasteiger charge is 2.44. The van der Waals surface area contributed by atoms with Gasteiger partial charge in [0.1, 0.15) is 5.82 Å². The molecule has 1 aliphatic carbocycles. The van der Waals surface area contributed by atoms with Gasteiger partial charge >= 0.3 is 0 Å². The summed E-state index contributed by atoms with van der Waals surface area (Å²) in [5, 5.41) is 9.61. The molecule has 0 unspecified atom stereocenters. The number of sulfonamides is 1. The van der Waals surface area contributed by atoms with Crippen molar-refractivity contribution in [3.8, 4) is 21.8 Å². The van der Waals surface area contributed by atoms with Crippen LogP contribution in [0, 0.1) is 5.92 Å². The molecule has 0 bridgehead atoms. The number of aromatic nitrogens is 4. The van der Waals surface area contributed by atoms with Gasteiger partial charge < -0.3 is 10.2 Å². The third-order valence-electron chi connectivity index (χ3n) is 9.05. The van der Waals surface area contributed by atoms with E-state index < -0.39 is 10.0 Å². The molecule has 4 aromatic rings. The van der Waals surface area contributed by atoms with Crippen LogP contribution in [-0.4, -0.2) is 95.2 Å². The molecule has 14 heteroatoms. The Bertz CT molecular complexity index is 1830. The first-order chi connectivity index (χ1) is 22.0. The van der Waals surface area contributed by atoms with E-state index in [1.165, 1.54) is 0 Å². The highest BCUT2D eigenvalue weighted by molar-refractivity contribution is 7.88. The fourth-order valence-electron chi connectivity index (χ4n) is 6.34. The second-order valence-electron chi connectivity index (χ2n) is 12.2. The molecule has 1 aliphatic heterocycles. The molecule has 244 valence electrons. The molecule has 2 aliphatic rings. The first-order valence-electron chi connectivity index (χ1n) is 15.7. The zero-order valence-corrected chi connectivity index (χ0v) is 28.1. The molecule has 2 fully saturated rings. The Labute approximate surface area is 273 Å². The SMILES string of the molecule is CCN(CC)[C@@H](C)CNC(=O)c1cc(-c2cnn3ccc(-c4cccs4)nc23)nc(N2CC[C@H]2C(=O)C2CC(NS(C)(=O)=O)C2)c1. The van der Waals surface area contributed by atoms with Crippen LogP contribution in [0.4, 0.5) is 5.82 Å². The standard InChI is InChI=1S/C32H40N8O4S2/c1-5-38(6-2)20(3)18-33-32(42)22-16-26(24-19-34-40-12-9-25(36-31(24)40)28-8-7-13-45-28)35-29(17-22)39-11-10-27(39)30(41)21-14-23(15-21)37-46(4,43)44/h7-9,12-13,16-17,19-21,23,27,37H,5-6,10-11,14-15,18H2,1-4H3,(H,33,42)/t20-,21?,23?,27-/m0/s1. The van der Waals surface area contributed by atoms with Crippen molar-refractivity contribution in [1.29, 1.82) is 0 Å². The summed E-state index contributed by atoms with van der Waals surface area (Å²) < 4.78 is 27.5. The number of hydrogen-bond acceptors (Lipinski definition) is 10. The van der Waals surface area contributed by atoms with E-state index in [1.54, 1.807) is 34.2 Å². The highest BCUT2D eigenvalue weighted by atomic mass is 32.2. The van der Waals surface area contributed by atoms with Crippen molar-refractivity contribution in [1.82, 2.24) is 34.5 Å². The maximum atomic E-state index is 13.6.